The molecule has 0 unspecified atom stereocenters. The molecule has 0 saturated heterocycles. The summed E-state index contributed by atoms with van der Waals surface area (Å²) in [6, 6.07) is 3.68. The summed E-state index contributed by atoms with van der Waals surface area (Å²) in [5.41, 5.74) is 6.63. The lowest BCUT2D eigenvalue weighted by atomic mass is 10.3. The SMILES string of the molecule is NCCc1c(Oc2cccnc2)nc2sccn12. The summed E-state index contributed by atoms with van der Waals surface area (Å²) in [6.45, 7) is 0.563. The van der Waals surface area contributed by atoms with Crippen LogP contribution in [0.15, 0.2) is 36.1 Å². The topological polar surface area (TPSA) is 65.4 Å². The Kier molecular flexibility index (Phi) is 2.95. The Morgan fingerprint density at radius 1 is 1.44 bits per heavy atom. The van der Waals surface area contributed by atoms with Crippen molar-refractivity contribution in [3.8, 4) is 11.6 Å². The smallest absolute Gasteiger partial charge is 0.242 e. The van der Waals surface area contributed by atoms with Gasteiger partial charge < -0.3 is 10.5 Å². The first-order valence-corrected chi connectivity index (χ1v) is 6.49. The van der Waals surface area contributed by atoms with Crippen LogP contribution < -0.4 is 10.5 Å². The maximum atomic E-state index is 5.76. The lowest BCUT2D eigenvalue weighted by molar-refractivity contribution is 0.457. The summed E-state index contributed by atoms with van der Waals surface area (Å²) >= 11 is 1.57. The van der Waals surface area contributed by atoms with Crippen LogP contribution in [0.2, 0.25) is 0 Å². The minimum absolute atomic E-state index is 0.563. The largest absolute Gasteiger partial charge is 0.436 e. The maximum Gasteiger partial charge on any atom is 0.242 e. The predicted molar refractivity (Wildman–Crippen MR) is 70.1 cm³/mol. The van der Waals surface area contributed by atoms with Crippen molar-refractivity contribution in [3.63, 3.8) is 0 Å². The number of hydrogen-bond donors (Lipinski definition) is 1. The third kappa shape index (κ3) is 1.96. The molecule has 0 amide bonds. The average Bonchev–Trinajstić information content (AvgIpc) is 2.95. The Bertz CT molecular complexity index is 646. The van der Waals surface area contributed by atoms with Crippen molar-refractivity contribution in [1.82, 2.24) is 14.4 Å². The lowest BCUT2D eigenvalue weighted by Gasteiger charge is -2.04. The van der Waals surface area contributed by atoms with Crippen LogP contribution >= 0.6 is 11.3 Å². The van der Waals surface area contributed by atoms with Crippen molar-refractivity contribution in [2.24, 2.45) is 5.73 Å². The standard InChI is InChI=1S/C12H12N4OS/c13-4-3-10-11(15-12-16(10)6-7-18-12)17-9-2-1-5-14-8-9/h1-2,5-8H,3-4,13H2. The van der Waals surface area contributed by atoms with Gasteiger partial charge in [-0.25, -0.2) is 0 Å². The Morgan fingerprint density at radius 2 is 2.39 bits per heavy atom. The molecule has 0 aromatic carbocycles. The van der Waals surface area contributed by atoms with Gasteiger partial charge in [0, 0.05) is 24.2 Å². The third-order valence-electron chi connectivity index (χ3n) is 2.55. The van der Waals surface area contributed by atoms with Gasteiger partial charge in [-0.2, -0.15) is 4.98 Å². The van der Waals surface area contributed by atoms with Crippen LogP contribution in [0.4, 0.5) is 0 Å². The first kappa shape index (κ1) is 11.2. The third-order valence-corrected chi connectivity index (χ3v) is 3.31. The molecule has 92 valence electrons. The van der Waals surface area contributed by atoms with E-state index in [9.17, 15) is 0 Å². The fourth-order valence-corrected chi connectivity index (χ4v) is 2.50. The molecule has 0 radical (unpaired) electrons. The Hall–Kier alpha value is -1.92. The van der Waals surface area contributed by atoms with Gasteiger partial charge in [-0.1, -0.05) is 0 Å². The van der Waals surface area contributed by atoms with E-state index in [2.05, 4.69) is 9.97 Å². The monoisotopic (exact) mass is 260 g/mol. The van der Waals surface area contributed by atoms with Gasteiger partial charge in [-0.15, -0.1) is 11.3 Å². The second-order valence-electron chi connectivity index (χ2n) is 3.75. The number of nitrogens with two attached hydrogens (primary N) is 1. The van der Waals surface area contributed by atoms with Gasteiger partial charge in [0.1, 0.15) is 5.75 Å². The van der Waals surface area contributed by atoms with Gasteiger partial charge in [0.2, 0.25) is 5.88 Å². The van der Waals surface area contributed by atoms with E-state index in [4.69, 9.17) is 10.5 Å². The van der Waals surface area contributed by atoms with Gasteiger partial charge in [0.25, 0.3) is 0 Å². The van der Waals surface area contributed by atoms with Crippen molar-refractivity contribution >= 4 is 16.3 Å². The van der Waals surface area contributed by atoms with Crippen LogP contribution in [0.5, 0.6) is 11.6 Å². The zero-order valence-electron chi connectivity index (χ0n) is 9.61. The predicted octanol–water partition coefficient (Wildman–Crippen LogP) is 2.08. The number of hydrogen-bond acceptors (Lipinski definition) is 5. The molecule has 2 N–H and O–H groups in total. The molecule has 0 atom stereocenters. The molecule has 0 saturated carbocycles. The minimum atomic E-state index is 0.563. The van der Waals surface area contributed by atoms with Crippen molar-refractivity contribution < 1.29 is 4.74 Å². The highest BCUT2D eigenvalue weighted by molar-refractivity contribution is 7.15. The van der Waals surface area contributed by atoms with E-state index in [-0.39, 0.29) is 0 Å². The molecular weight excluding hydrogens is 248 g/mol. The number of thiazole rings is 1. The quantitative estimate of drug-likeness (QED) is 0.780. The van der Waals surface area contributed by atoms with E-state index in [0.29, 0.717) is 18.2 Å². The summed E-state index contributed by atoms with van der Waals surface area (Å²) in [4.78, 5) is 9.39. The molecule has 0 aliphatic heterocycles. The second kappa shape index (κ2) is 4.75. The molecular formula is C12H12N4OS. The summed E-state index contributed by atoms with van der Waals surface area (Å²) in [7, 11) is 0. The first-order chi connectivity index (χ1) is 8.88. The zero-order chi connectivity index (χ0) is 12.4. The molecule has 0 fully saturated rings. The van der Waals surface area contributed by atoms with E-state index in [1.165, 1.54) is 0 Å². The number of rotatable bonds is 4. The number of fused-ring (bicyclic) bond motifs is 1. The van der Waals surface area contributed by atoms with Crippen LogP contribution in [0.3, 0.4) is 0 Å². The molecule has 3 rings (SSSR count). The molecule has 3 aromatic heterocycles. The lowest BCUT2D eigenvalue weighted by Crippen LogP contribution is -2.05. The molecule has 3 heterocycles. The van der Waals surface area contributed by atoms with Gasteiger partial charge in [-0.05, 0) is 18.7 Å². The Morgan fingerprint density at radius 3 is 3.17 bits per heavy atom. The number of imidazole rings is 1. The number of nitrogens with zero attached hydrogens (tertiary/aromatic N) is 3. The first-order valence-electron chi connectivity index (χ1n) is 5.61. The number of ether oxygens (including phenoxy) is 1. The normalized spacial score (nSPS) is 10.9. The minimum Gasteiger partial charge on any atom is -0.436 e. The van der Waals surface area contributed by atoms with E-state index < -0.39 is 0 Å². The van der Waals surface area contributed by atoms with E-state index in [1.807, 2.05) is 28.1 Å². The van der Waals surface area contributed by atoms with Crippen molar-refractivity contribution in [2.75, 3.05) is 6.54 Å². The highest BCUT2D eigenvalue weighted by atomic mass is 32.1. The van der Waals surface area contributed by atoms with Gasteiger partial charge in [-0.3, -0.25) is 9.38 Å². The maximum absolute atomic E-state index is 5.76. The molecule has 0 aliphatic carbocycles. The highest BCUT2D eigenvalue weighted by Crippen LogP contribution is 2.27. The fraction of sp³-hybridized carbons (Fsp3) is 0.167. The van der Waals surface area contributed by atoms with E-state index >= 15 is 0 Å². The van der Waals surface area contributed by atoms with Crippen molar-refractivity contribution in [2.45, 2.75) is 6.42 Å². The number of aromatic nitrogens is 3. The second-order valence-corrected chi connectivity index (χ2v) is 4.62. The average molecular weight is 260 g/mol. The van der Waals surface area contributed by atoms with Crippen molar-refractivity contribution in [1.29, 1.82) is 0 Å². The van der Waals surface area contributed by atoms with E-state index in [1.54, 1.807) is 23.7 Å². The van der Waals surface area contributed by atoms with Gasteiger partial charge in [0.05, 0.1) is 11.9 Å². The molecule has 0 spiro atoms. The van der Waals surface area contributed by atoms with E-state index in [0.717, 1.165) is 17.1 Å². The van der Waals surface area contributed by atoms with Crippen LogP contribution in [-0.2, 0) is 6.42 Å². The molecule has 3 aromatic rings. The van der Waals surface area contributed by atoms with Crippen LogP contribution in [0, 0.1) is 0 Å². The van der Waals surface area contributed by atoms with Crippen LogP contribution in [0.1, 0.15) is 5.69 Å². The van der Waals surface area contributed by atoms with Crippen molar-refractivity contribution in [3.05, 3.63) is 41.8 Å². The molecule has 18 heavy (non-hydrogen) atoms. The molecule has 5 nitrogen and oxygen atoms in total. The summed E-state index contributed by atoms with van der Waals surface area (Å²) in [6.07, 6.45) is 6.08. The molecule has 0 aliphatic rings. The van der Waals surface area contributed by atoms with Gasteiger partial charge >= 0.3 is 0 Å². The van der Waals surface area contributed by atoms with Crippen LogP contribution in [-0.4, -0.2) is 20.9 Å². The molecule has 0 bridgehead atoms. The zero-order valence-corrected chi connectivity index (χ0v) is 10.4. The Balaban J connectivity index is 2.00. The fourth-order valence-electron chi connectivity index (χ4n) is 1.78. The summed E-state index contributed by atoms with van der Waals surface area (Å²) in [5, 5.41) is 2.00. The molecule has 6 heteroatoms. The highest BCUT2D eigenvalue weighted by Gasteiger charge is 2.14. The summed E-state index contributed by atoms with van der Waals surface area (Å²) < 4.78 is 7.78. The van der Waals surface area contributed by atoms with Gasteiger partial charge in [0.15, 0.2) is 4.96 Å². The van der Waals surface area contributed by atoms with Crippen LogP contribution in [0.25, 0.3) is 4.96 Å². The summed E-state index contributed by atoms with van der Waals surface area (Å²) in [5.74, 6) is 1.29. The Labute approximate surface area is 108 Å². The number of pyridine rings is 1.